The van der Waals surface area contributed by atoms with Crippen molar-refractivity contribution < 1.29 is 4.79 Å². The number of carbonyl (C=O) groups is 1. The van der Waals surface area contributed by atoms with Crippen LogP contribution in [0.5, 0.6) is 0 Å². The Morgan fingerprint density at radius 2 is 1.76 bits per heavy atom. The van der Waals surface area contributed by atoms with Crippen LogP contribution < -0.4 is 0 Å². The second kappa shape index (κ2) is 8.36. The summed E-state index contributed by atoms with van der Waals surface area (Å²) >= 11 is 7.98. The van der Waals surface area contributed by atoms with Crippen molar-refractivity contribution in [3.05, 3.63) is 98.3 Å². The van der Waals surface area contributed by atoms with Gasteiger partial charge >= 0.3 is 0 Å². The third kappa shape index (κ3) is 4.34. The topological polar surface area (TPSA) is 33.2 Å². The average molecular weight is 421 g/mol. The van der Waals surface area contributed by atoms with Crippen molar-refractivity contribution in [3.8, 4) is 0 Å². The van der Waals surface area contributed by atoms with E-state index >= 15 is 0 Å². The van der Waals surface area contributed by atoms with Crippen LogP contribution in [0.25, 0.3) is 10.9 Å². The Balaban J connectivity index is 1.70. The lowest BCUT2D eigenvalue weighted by Crippen LogP contribution is -2.29. The molecule has 29 heavy (non-hydrogen) atoms. The Bertz CT molecular complexity index is 1160. The maximum absolute atomic E-state index is 13.2. The number of benzene rings is 2. The third-order valence-corrected chi connectivity index (χ3v) is 6.24. The zero-order chi connectivity index (χ0) is 20.4. The van der Waals surface area contributed by atoms with E-state index in [0.717, 1.165) is 26.9 Å². The second-order valence-electron chi connectivity index (χ2n) is 7.19. The monoisotopic (exact) mass is 420 g/mol. The molecule has 2 aromatic heterocycles. The normalized spacial score (nSPS) is 11.0. The molecule has 1 amide bonds. The van der Waals surface area contributed by atoms with Crippen molar-refractivity contribution in [2.24, 2.45) is 0 Å². The van der Waals surface area contributed by atoms with Crippen LogP contribution in [-0.4, -0.2) is 15.8 Å². The predicted molar refractivity (Wildman–Crippen MR) is 121 cm³/mol. The highest BCUT2D eigenvalue weighted by Gasteiger charge is 2.19. The number of rotatable bonds is 5. The standard InChI is InChI=1S/C24H21ClN2OS/c1-16-11-19-13-20(23(25)26-21(19)12-17(16)2)15-27(14-18-7-4-3-5-8-18)24(28)22-9-6-10-29-22/h3-13H,14-15H2,1-2H3. The number of thiophene rings is 1. The number of carbonyl (C=O) groups excluding carboxylic acids is 1. The minimum absolute atomic E-state index is 0.0000957. The van der Waals surface area contributed by atoms with Crippen molar-refractivity contribution in [3.63, 3.8) is 0 Å². The summed E-state index contributed by atoms with van der Waals surface area (Å²) in [5, 5.41) is 3.40. The summed E-state index contributed by atoms with van der Waals surface area (Å²) in [6.07, 6.45) is 0. The smallest absolute Gasteiger partial charge is 0.264 e. The molecule has 0 saturated heterocycles. The first-order valence-electron chi connectivity index (χ1n) is 9.44. The molecule has 0 fully saturated rings. The highest BCUT2D eigenvalue weighted by molar-refractivity contribution is 7.12. The molecule has 0 radical (unpaired) electrons. The molecule has 2 heterocycles. The number of aryl methyl sites for hydroxylation is 2. The van der Waals surface area contributed by atoms with Crippen molar-refractivity contribution in [1.29, 1.82) is 0 Å². The van der Waals surface area contributed by atoms with Crippen LogP contribution in [0, 0.1) is 13.8 Å². The summed E-state index contributed by atoms with van der Waals surface area (Å²) in [7, 11) is 0. The fourth-order valence-electron chi connectivity index (χ4n) is 3.34. The summed E-state index contributed by atoms with van der Waals surface area (Å²) in [5.74, 6) is 0.0000957. The van der Waals surface area contributed by atoms with E-state index in [0.29, 0.717) is 18.2 Å². The molecule has 2 aromatic carbocycles. The van der Waals surface area contributed by atoms with Gasteiger partial charge in [0, 0.05) is 24.0 Å². The van der Waals surface area contributed by atoms with E-state index in [9.17, 15) is 4.79 Å². The van der Waals surface area contributed by atoms with Crippen LogP contribution in [0.3, 0.4) is 0 Å². The Morgan fingerprint density at radius 3 is 2.48 bits per heavy atom. The largest absolute Gasteiger partial charge is 0.329 e. The van der Waals surface area contributed by atoms with Crippen LogP contribution in [0.4, 0.5) is 0 Å². The van der Waals surface area contributed by atoms with Crippen molar-refractivity contribution in [2.45, 2.75) is 26.9 Å². The summed E-state index contributed by atoms with van der Waals surface area (Å²) < 4.78 is 0. The first-order chi connectivity index (χ1) is 14.0. The lowest BCUT2D eigenvalue weighted by atomic mass is 10.0. The van der Waals surface area contributed by atoms with Gasteiger partial charge in [-0.15, -0.1) is 11.3 Å². The minimum atomic E-state index is 0.0000957. The van der Waals surface area contributed by atoms with Gasteiger partial charge in [0.1, 0.15) is 5.15 Å². The Labute approximate surface area is 179 Å². The van der Waals surface area contributed by atoms with Crippen LogP contribution in [-0.2, 0) is 13.1 Å². The molecular formula is C24H21ClN2OS. The Hall–Kier alpha value is -2.69. The number of aromatic nitrogens is 1. The highest BCUT2D eigenvalue weighted by Crippen LogP contribution is 2.26. The summed E-state index contributed by atoms with van der Waals surface area (Å²) in [6, 6.07) is 20.0. The SMILES string of the molecule is Cc1cc2cc(CN(Cc3ccccc3)C(=O)c3cccs3)c(Cl)nc2cc1C. The van der Waals surface area contributed by atoms with Crippen molar-refractivity contribution in [1.82, 2.24) is 9.88 Å². The molecule has 0 aliphatic rings. The Morgan fingerprint density at radius 1 is 1.00 bits per heavy atom. The maximum Gasteiger partial charge on any atom is 0.264 e. The van der Waals surface area contributed by atoms with Gasteiger partial charge in [0.25, 0.3) is 5.91 Å². The molecular weight excluding hydrogens is 400 g/mol. The van der Waals surface area contributed by atoms with Gasteiger partial charge in [-0.25, -0.2) is 4.98 Å². The predicted octanol–water partition coefficient (Wildman–Crippen LogP) is 6.41. The molecule has 0 aliphatic heterocycles. The molecule has 0 saturated carbocycles. The lowest BCUT2D eigenvalue weighted by Gasteiger charge is -2.23. The number of halogens is 1. The van der Waals surface area contributed by atoms with Crippen LogP contribution in [0.15, 0.2) is 66.0 Å². The third-order valence-electron chi connectivity index (χ3n) is 5.05. The van der Waals surface area contributed by atoms with Gasteiger partial charge in [-0.05, 0) is 60.2 Å². The van der Waals surface area contributed by atoms with Gasteiger partial charge in [0.05, 0.1) is 10.4 Å². The molecule has 0 bridgehead atoms. The highest BCUT2D eigenvalue weighted by atomic mass is 35.5. The van der Waals surface area contributed by atoms with E-state index < -0.39 is 0 Å². The number of nitrogens with zero attached hydrogens (tertiary/aromatic N) is 2. The van der Waals surface area contributed by atoms with Gasteiger partial charge in [0.15, 0.2) is 0 Å². The molecule has 0 atom stereocenters. The Kier molecular flexibility index (Phi) is 5.65. The quantitative estimate of drug-likeness (QED) is 0.349. The van der Waals surface area contributed by atoms with Gasteiger partial charge in [-0.2, -0.15) is 0 Å². The molecule has 0 spiro atoms. The number of pyridine rings is 1. The number of hydrogen-bond donors (Lipinski definition) is 0. The number of hydrogen-bond acceptors (Lipinski definition) is 3. The lowest BCUT2D eigenvalue weighted by molar-refractivity contribution is 0.0735. The molecule has 5 heteroatoms. The van der Waals surface area contributed by atoms with Crippen molar-refractivity contribution in [2.75, 3.05) is 0 Å². The molecule has 4 rings (SSSR count). The first kappa shape index (κ1) is 19.6. The second-order valence-corrected chi connectivity index (χ2v) is 8.50. The van der Waals surface area contributed by atoms with Gasteiger partial charge in [-0.3, -0.25) is 4.79 Å². The van der Waals surface area contributed by atoms with Crippen LogP contribution in [0.1, 0.15) is 31.9 Å². The zero-order valence-electron chi connectivity index (χ0n) is 16.4. The van der Waals surface area contributed by atoms with E-state index in [1.54, 1.807) is 0 Å². The fraction of sp³-hybridized carbons (Fsp3) is 0.167. The van der Waals surface area contributed by atoms with E-state index in [-0.39, 0.29) is 5.91 Å². The fourth-order valence-corrected chi connectivity index (χ4v) is 4.23. The summed E-state index contributed by atoms with van der Waals surface area (Å²) in [4.78, 5) is 20.3. The molecule has 3 nitrogen and oxygen atoms in total. The first-order valence-corrected chi connectivity index (χ1v) is 10.7. The van der Waals surface area contributed by atoms with Gasteiger partial charge < -0.3 is 4.90 Å². The van der Waals surface area contributed by atoms with Crippen LogP contribution in [0.2, 0.25) is 5.15 Å². The average Bonchev–Trinajstić information content (AvgIpc) is 3.25. The van der Waals surface area contributed by atoms with E-state index in [2.05, 4.69) is 37.0 Å². The van der Waals surface area contributed by atoms with E-state index in [4.69, 9.17) is 11.6 Å². The number of amides is 1. The molecule has 0 aliphatic carbocycles. The molecule has 4 aromatic rings. The van der Waals surface area contributed by atoms with E-state index in [1.165, 1.54) is 22.5 Å². The van der Waals surface area contributed by atoms with Gasteiger partial charge in [0.2, 0.25) is 0 Å². The minimum Gasteiger partial charge on any atom is -0.329 e. The summed E-state index contributed by atoms with van der Waals surface area (Å²) in [6.45, 7) is 5.07. The maximum atomic E-state index is 13.2. The van der Waals surface area contributed by atoms with Crippen LogP contribution >= 0.6 is 22.9 Å². The number of fused-ring (bicyclic) bond motifs is 1. The zero-order valence-corrected chi connectivity index (χ0v) is 17.9. The van der Waals surface area contributed by atoms with E-state index in [1.807, 2.05) is 52.7 Å². The molecule has 0 unspecified atom stereocenters. The molecule has 0 N–H and O–H groups in total. The summed E-state index contributed by atoms with van der Waals surface area (Å²) in [5.41, 5.74) is 5.20. The molecule has 146 valence electrons. The van der Waals surface area contributed by atoms with Gasteiger partial charge in [-0.1, -0.05) is 48.0 Å². The van der Waals surface area contributed by atoms with Crippen molar-refractivity contribution >= 4 is 39.7 Å².